The molecule has 1 heterocycles. The summed E-state index contributed by atoms with van der Waals surface area (Å²) in [5.41, 5.74) is 1.17. The lowest BCUT2D eigenvalue weighted by atomic mass is 10.1. The highest BCUT2D eigenvalue weighted by Gasteiger charge is 2.37. The second-order valence-electron chi connectivity index (χ2n) is 4.78. The molecule has 1 aromatic carbocycles. The van der Waals surface area contributed by atoms with Gasteiger partial charge < -0.3 is 4.74 Å². The Balaban J connectivity index is 1.84. The van der Waals surface area contributed by atoms with Crippen LogP contribution in [0.25, 0.3) is 0 Å². The van der Waals surface area contributed by atoms with E-state index in [1.165, 1.54) is 5.56 Å². The van der Waals surface area contributed by atoms with Crippen LogP contribution < -0.4 is 0 Å². The molecule has 1 saturated heterocycles. The minimum atomic E-state index is -4.82. The highest BCUT2D eigenvalue weighted by Crippen LogP contribution is 2.28. The Labute approximate surface area is 115 Å². The Morgan fingerprint density at radius 3 is 2.65 bits per heavy atom. The quantitative estimate of drug-likeness (QED) is 0.786. The lowest BCUT2D eigenvalue weighted by molar-refractivity contribution is -0.165. The number of ether oxygens (including phenoxy) is 1. The fourth-order valence-corrected chi connectivity index (χ4v) is 2.15. The van der Waals surface area contributed by atoms with Crippen molar-refractivity contribution in [2.75, 3.05) is 0 Å². The molecule has 1 fully saturated rings. The number of benzene rings is 1. The number of ketones is 1. The number of aryl methyl sites for hydroxylation is 1. The first-order valence-corrected chi connectivity index (χ1v) is 6.47. The minimum Gasteiger partial charge on any atom is -0.495 e. The van der Waals surface area contributed by atoms with Crippen LogP contribution in [0.3, 0.4) is 0 Å². The van der Waals surface area contributed by atoms with Crippen LogP contribution in [0, 0.1) is 0 Å². The van der Waals surface area contributed by atoms with Gasteiger partial charge in [-0.3, -0.25) is 4.79 Å². The van der Waals surface area contributed by atoms with E-state index in [-0.39, 0.29) is 11.9 Å². The van der Waals surface area contributed by atoms with E-state index in [0.29, 0.717) is 18.9 Å². The maximum atomic E-state index is 12.1. The SMILES string of the molecule is O=C(/C=C1\CCC(CCc2ccccc2)O1)C(F)(F)F. The molecule has 0 spiro atoms. The van der Waals surface area contributed by atoms with Gasteiger partial charge in [0.2, 0.25) is 0 Å². The van der Waals surface area contributed by atoms with Crippen LogP contribution in [0.2, 0.25) is 0 Å². The molecule has 1 aliphatic heterocycles. The molecular formula is C15H15F3O2. The van der Waals surface area contributed by atoms with E-state index in [2.05, 4.69) is 0 Å². The van der Waals surface area contributed by atoms with Crippen molar-refractivity contribution >= 4 is 5.78 Å². The number of carbonyl (C=O) groups is 1. The number of carbonyl (C=O) groups excluding carboxylic acids is 1. The van der Waals surface area contributed by atoms with Crippen LogP contribution in [0.1, 0.15) is 24.8 Å². The van der Waals surface area contributed by atoms with E-state index in [1.54, 1.807) is 0 Å². The number of halogens is 3. The summed E-state index contributed by atoms with van der Waals surface area (Å²) in [4.78, 5) is 10.8. The van der Waals surface area contributed by atoms with Gasteiger partial charge in [0.25, 0.3) is 5.78 Å². The van der Waals surface area contributed by atoms with Gasteiger partial charge in [0.1, 0.15) is 5.76 Å². The predicted octanol–water partition coefficient (Wildman–Crippen LogP) is 3.81. The van der Waals surface area contributed by atoms with Crippen LogP contribution in [-0.2, 0) is 16.0 Å². The number of alkyl halides is 3. The molecule has 2 rings (SSSR count). The van der Waals surface area contributed by atoms with E-state index >= 15 is 0 Å². The average Bonchev–Trinajstić information content (AvgIpc) is 2.84. The van der Waals surface area contributed by atoms with Crippen LogP contribution in [0.15, 0.2) is 42.2 Å². The van der Waals surface area contributed by atoms with Crippen molar-refractivity contribution in [1.82, 2.24) is 0 Å². The van der Waals surface area contributed by atoms with E-state index in [4.69, 9.17) is 4.74 Å². The van der Waals surface area contributed by atoms with Crippen molar-refractivity contribution < 1.29 is 22.7 Å². The van der Waals surface area contributed by atoms with Crippen molar-refractivity contribution in [1.29, 1.82) is 0 Å². The van der Waals surface area contributed by atoms with Crippen LogP contribution in [0.5, 0.6) is 0 Å². The predicted molar refractivity (Wildman–Crippen MR) is 68.0 cm³/mol. The Morgan fingerprint density at radius 1 is 1.30 bits per heavy atom. The normalized spacial score (nSPS) is 20.9. The van der Waals surface area contributed by atoms with Crippen LogP contribution >= 0.6 is 0 Å². The highest BCUT2D eigenvalue weighted by molar-refractivity contribution is 5.94. The molecule has 0 aromatic heterocycles. The molecular weight excluding hydrogens is 269 g/mol. The molecule has 5 heteroatoms. The van der Waals surface area contributed by atoms with Crippen LogP contribution in [0.4, 0.5) is 13.2 Å². The average molecular weight is 284 g/mol. The van der Waals surface area contributed by atoms with Gasteiger partial charge in [0.15, 0.2) is 0 Å². The van der Waals surface area contributed by atoms with Gasteiger partial charge in [-0.05, 0) is 24.8 Å². The van der Waals surface area contributed by atoms with E-state index in [1.807, 2.05) is 30.3 Å². The smallest absolute Gasteiger partial charge is 0.454 e. The maximum absolute atomic E-state index is 12.1. The van der Waals surface area contributed by atoms with Crippen molar-refractivity contribution in [2.24, 2.45) is 0 Å². The topological polar surface area (TPSA) is 26.3 Å². The fourth-order valence-electron chi connectivity index (χ4n) is 2.15. The molecule has 0 aliphatic carbocycles. The first-order valence-electron chi connectivity index (χ1n) is 6.47. The van der Waals surface area contributed by atoms with E-state index < -0.39 is 12.0 Å². The van der Waals surface area contributed by atoms with Gasteiger partial charge in [-0.1, -0.05) is 30.3 Å². The Hall–Kier alpha value is -1.78. The molecule has 0 bridgehead atoms. The maximum Gasteiger partial charge on any atom is 0.454 e. The monoisotopic (exact) mass is 284 g/mol. The summed E-state index contributed by atoms with van der Waals surface area (Å²) < 4.78 is 41.7. The number of hydrogen-bond acceptors (Lipinski definition) is 2. The summed E-state index contributed by atoms with van der Waals surface area (Å²) >= 11 is 0. The number of rotatable bonds is 4. The second kappa shape index (κ2) is 6.11. The van der Waals surface area contributed by atoms with Gasteiger partial charge >= 0.3 is 6.18 Å². The Morgan fingerprint density at radius 2 is 2.00 bits per heavy atom. The van der Waals surface area contributed by atoms with Gasteiger partial charge in [0, 0.05) is 12.5 Å². The van der Waals surface area contributed by atoms with E-state index in [9.17, 15) is 18.0 Å². The third kappa shape index (κ3) is 4.11. The molecule has 0 amide bonds. The van der Waals surface area contributed by atoms with Gasteiger partial charge in [-0.15, -0.1) is 0 Å². The largest absolute Gasteiger partial charge is 0.495 e. The number of allylic oxidation sites excluding steroid dienone is 2. The Bertz CT molecular complexity index is 492. The molecule has 0 radical (unpaired) electrons. The lowest BCUT2D eigenvalue weighted by Crippen LogP contribution is -2.20. The summed E-state index contributed by atoms with van der Waals surface area (Å²) in [5.74, 6) is -1.71. The third-order valence-corrected chi connectivity index (χ3v) is 3.20. The van der Waals surface area contributed by atoms with Crippen molar-refractivity contribution in [2.45, 2.75) is 38.0 Å². The second-order valence-corrected chi connectivity index (χ2v) is 4.78. The van der Waals surface area contributed by atoms with Gasteiger partial charge in [-0.25, -0.2) is 0 Å². The first kappa shape index (κ1) is 14.6. The summed E-state index contributed by atoms with van der Waals surface area (Å²) in [7, 11) is 0. The molecule has 1 unspecified atom stereocenters. The van der Waals surface area contributed by atoms with Gasteiger partial charge in [0.05, 0.1) is 6.10 Å². The lowest BCUT2D eigenvalue weighted by Gasteiger charge is -2.10. The van der Waals surface area contributed by atoms with Gasteiger partial charge in [-0.2, -0.15) is 13.2 Å². The Kier molecular flexibility index (Phi) is 4.47. The molecule has 0 N–H and O–H groups in total. The molecule has 1 atom stereocenters. The van der Waals surface area contributed by atoms with E-state index in [0.717, 1.165) is 12.8 Å². The molecule has 1 aromatic rings. The molecule has 2 nitrogen and oxygen atoms in total. The fraction of sp³-hybridized carbons (Fsp3) is 0.400. The molecule has 1 aliphatic rings. The summed E-state index contributed by atoms with van der Waals surface area (Å²) in [6.45, 7) is 0. The highest BCUT2D eigenvalue weighted by atomic mass is 19.4. The minimum absolute atomic E-state index is 0.109. The standard InChI is InChI=1S/C15H15F3O2/c16-15(17,18)14(19)10-13-9-8-12(20-13)7-6-11-4-2-1-3-5-11/h1-5,10,12H,6-9H2/b13-10+. The number of hydrogen-bond donors (Lipinski definition) is 0. The molecule has 20 heavy (non-hydrogen) atoms. The zero-order valence-electron chi connectivity index (χ0n) is 10.8. The zero-order chi connectivity index (χ0) is 14.6. The molecule has 0 saturated carbocycles. The van der Waals surface area contributed by atoms with Crippen LogP contribution in [-0.4, -0.2) is 18.1 Å². The zero-order valence-corrected chi connectivity index (χ0v) is 10.8. The van der Waals surface area contributed by atoms with Crippen molar-refractivity contribution in [3.05, 3.63) is 47.7 Å². The van der Waals surface area contributed by atoms with Crippen molar-refractivity contribution in [3.8, 4) is 0 Å². The summed E-state index contributed by atoms with van der Waals surface area (Å²) in [5, 5.41) is 0. The molecule has 108 valence electrons. The third-order valence-electron chi connectivity index (χ3n) is 3.20. The summed E-state index contributed by atoms with van der Waals surface area (Å²) in [6.07, 6.45) is -1.76. The summed E-state index contributed by atoms with van der Waals surface area (Å²) in [6, 6.07) is 9.81. The first-order chi connectivity index (χ1) is 9.45. The van der Waals surface area contributed by atoms with Crippen molar-refractivity contribution in [3.63, 3.8) is 0 Å².